The molecule has 1 atom stereocenters. The first-order valence-electron chi connectivity index (χ1n) is 8.88. The monoisotopic (exact) mass is 376 g/mol. The van der Waals surface area contributed by atoms with Gasteiger partial charge in [-0.2, -0.15) is 4.98 Å². The molecular weight excluding hydrogens is 352 g/mol. The van der Waals surface area contributed by atoms with Gasteiger partial charge in [0.25, 0.3) is 5.91 Å². The Hall–Kier alpha value is -1.92. The Bertz CT molecular complexity index is 776. The summed E-state index contributed by atoms with van der Waals surface area (Å²) in [6.45, 7) is 11.1. The summed E-state index contributed by atoms with van der Waals surface area (Å²) in [6, 6.07) is 7.12. The van der Waals surface area contributed by atoms with Crippen LogP contribution in [0.5, 0.6) is 0 Å². The van der Waals surface area contributed by atoms with E-state index < -0.39 is 0 Å². The van der Waals surface area contributed by atoms with Crippen molar-refractivity contribution >= 4 is 17.5 Å². The van der Waals surface area contributed by atoms with E-state index in [9.17, 15) is 4.79 Å². The first kappa shape index (κ1) is 18.9. The fraction of sp³-hybridized carbons (Fsp3) is 0.526. The molecule has 0 saturated carbocycles. The summed E-state index contributed by atoms with van der Waals surface area (Å²) in [5.41, 5.74) is 0.495. The minimum atomic E-state index is -0.135. The van der Waals surface area contributed by atoms with Gasteiger partial charge in [0, 0.05) is 42.2 Å². The normalized spacial score (nSPS) is 17.3. The maximum Gasteiger partial charge on any atom is 0.253 e. The first-order chi connectivity index (χ1) is 12.3. The van der Waals surface area contributed by atoms with Crippen molar-refractivity contribution in [2.75, 3.05) is 26.2 Å². The van der Waals surface area contributed by atoms with Crippen molar-refractivity contribution in [2.45, 2.75) is 39.2 Å². The Morgan fingerprint density at radius 1 is 1.23 bits per heavy atom. The van der Waals surface area contributed by atoms with Gasteiger partial charge in [0.2, 0.25) is 5.89 Å². The van der Waals surface area contributed by atoms with E-state index >= 15 is 0 Å². The van der Waals surface area contributed by atoms with Crippen LogP contribution in [0, 0.1) is 0 Å². The van der Waals surface area contributed by atoms with E-state index in [0.29, 0.717) is 35.4 Å². The van der Waals surface area contributed by atoms with Crippen molar-refractivity contribution in [1.82, 2.24) is 19.9 Å². The molecule has 140 valence electrons. The standard InChI is InChI=1S/C19H25ClN4O2/c1-13(16-21-18(22-26-16)19(2,3)4)23-8-10-24(11-9-23)17(25)14-6-5-7-15(20)12-14/h5-7,12-13H,8-11H2,1-4H3/t13-/m0/s1. The summed E-state index contributed by atoms with van der Waals surface area (Å²) in [7, 11) is 0. The van der Waals surface area contributed by atoms with Crippen molar-refractivity contribution < 1.29 is 9.32 Å². The number of aromatic nitrogens is 2. The number of hydrogen-bond donors (Lipinski definition) is 0. The average molecular weight is 377 g/mol. The number of nitrogens with zero attached hydrogens (tertiary/aromatic N) is 4. The van der Waals surface area contributed by atoms with Crippen LogP contribution in [-0.2, 0) is 5.41 Å². The minimum absolute atomic E-state index is 0.0209. The van der Waals surface area contributed by atoms with Crippen LogP contribution >= 0.6 is 11.6 Å². The zero-order chi connectivity index (χ0) is 18.9. The minimum Gasteiger partial charge on any atom is -0.338 e. The Balaban J connectivity index is 1.61. The molecule has 1 aliphatic heterocycles. The van der Waals surface area contributed by atoms with Gasteiger partial charge in [-0.1, -0.05) is 43.6 Å². The lowest BCUT2D eigenvalue weighted by molar-refractivity contribution is 0.0551. The highest BCUT2D eigenvalue weighted by Crippen LogP contribution is 2.25. The van der Waals surface area contributed by atoms with E-state index in [2.05, 4.69) is 42.7 Å². The smallest absolute Gasteiger partial charge is 0.253 e. The molecule has 6 nitrogen and oxygen atoms in total. The summed E-state index contributed by atoms with van der Waals surface area (Å²) in [4.78, 5) is 21.3. The molecule has 1 fully saturated rings. The number of piperazine rings is 1. The lowest BCUT2D eigenvalue weighted by atomic mass is 9.96. The van der Waals surface area contributed by atoms with Gasteiger partial charge < -0.3 is 9.42 Å². The van der Waals surface area contributed by atoms with Gasteiger partial charge in [0.05, 0.1) is 6.04 Å². The van der Waals surface area contributed by atoms with E-state index in [1.807, 2.05) is 4.90 Å². The quantitative estimate of drug-likeness (QED) is 0.819. The predicted octanol–water partition coefficient (Wildman–Crippen LogP) is 3.54. The number of carbonyl (C=O) groups excluding carboxylic acids is 1. The molecule has 0 aliphatic carbocycles. The van der Waals surface area contributed by atoms with E-state index in [4.69, 9.17) is 16.1 Å². The largest absolute Gasteiger partial charge is 0.338 e. The third kappa shape index (κ3) is 4.07. The third-order valence-electron chi connectivity index (χ3n) is 4.69. The van der Waals surface area contributed by atoms with E-state index in [-0.39, 0.29) is 17.4 Å². The molecule has 1 aromatic heterocycles. The van der Waals surface area contributed by atoms with Gasteiger partial charge in [-0.05, 0) is 25.1 Å². The maximum absolute atomic E-state index is 12.6. The van der Waals surface area contributed by atoms with E-state index in [1.165, 1.54) is 0 Å². The molecule has 2 heterocycles. The Morgan fingerprint density at radius 2 is 1.92 bits per heavy atom. The molecule has 0 N–H and O–H groups in total. The molecule has 1 aromatic carbocycles. The van der Waals surface area contributed by atoms with Crippen molar-refractivity contribution in [2.24, 2.45) is 0 Å². The molecule has 7 heteroatoms. The second-order valence-electron chi connectivity index (χ2n) is 7.72. The number of benzene rings is 1. The highest BCUT2D eigenvalue weighted by atomic mass is 35.5. The first-order valence-corrected chi connectivity index (χ1v) is 9.26. The summed E-state index contributed by atoms with van der Waals surface area (Å²) >= 11 is 5.99. The SMILES string of the molecule is C[C@@H](c1nc(C(C)(C)C)no1)N1CCN(C(=O)c2cccc(Cl)c2)CC1. The lowest BCUT2D eigenvalue weighted by Gasteiger charge is -2.36. The number of amides is 1. The second kappa shape index (κ2) is 7.37. The molecule has 0 radical (unpaired) electrons. The predicted molar refractivity (Wildman–Crippen MR) is 100 cm³/mol. The van der Waals surface area contributed by atoms with Gasteiger partial charge in [-0.3, -0.25) is 9.69 Å². The zero-order valence-electron chi connectivity index (χ0n) is 15.7. The molecule has 1 aliphatic rings. The van der Waals surface area contributed by atoms with Gasteiger partial charge in [0.15, 0.2) is 5.82 Å². The molecule has 1 amide bonds. The number of carbonyl (C=O) groups is 1. The summed E-state index contributed by atoms with van der Waals surface area (Å²) < 4.78 is 5.46. The molecular formula is C19H25ClN4O2. The van der Waals surface area contributed by atoms with Gasteiger partial charge >= 0.3 is 0 Å². The van der Waals surface area contributed by atoms with Crippen molar-refractivity contribution in [3.63, 3.8) is 0 Å². The Labute approximate surface area is 159 Å². The van der Waals surface area contributed by atoms with Gasteiger partial charge in [-0.15, -0.1) is 0 Å². The Kier molecular flexibility index (Phi) is 5.34. The topological polar surface area (TPSA) is 62.5 Å². The molecule has 1 saturated heterocycles. The highest BCUT2D eigenvalue weighted by molar-refractivity contribution is 6.30. The van der Waals surface area contributed by atoms with Gasteiger partial charge in [0.1, 0.15) is 0 Å². The lowest BCUT2D eigenvalue weighted by Crippen LogP contribution is -2.49. The molecule has 0 bridgehead atoms. The Morgan fingerprint density at radius 3 is 2.50 bits per heavy atom. The number of rotatable bonds is 3. The average Bonchev–Trinajstić information content (AvgIpc) is 3.11. The summed E-state index contributed by atoms with van der Waals surface area (Å²) in [5, 5.41) is 4.68. The summed E-state index contributed by atoms with van der Waals surface area (Å²) in [5.74, 6) is 1.37. The third-order valence-corrected chi connectivity index (χ3v) is 4.93. The van der Waals surface area contributed by atoms with E-state index in [1.54, 1.807) is 24.3 Å². The van der Waals surface area contributed by atoms with Crippen LogP contribution in [0.1, 0.15) is 55.8 Å². The molecule has 3 rings (SSSR count). The van der Waals surface area contributed by atoms with Crippen molar-refractivity contribution in [3.05, 3.63) is 46.6 Å². The highest BCUT2D eigenvalue weighted by Gasteiger charge is 2.29. The van der Waals surface area contributed by atoms with E-state index in [0.717, 1.165) is 13.1 Å². The van der Waals surface area contributed by atoms with Crippen LogP contribution in [0.2, 0.25) is 5.02 Å². The van der Waals surface area contributed by atoms with Crippen molar-refractivity contribution in [1.29, 1.82) is 0 Å². The van der Waals surface area contributed by atoms with Crippen molar-refractivity contribution in [3.8, 4) is 0 Å². The van der Waals surface area contributed by atoms with Crippen LogP contribution in [0.25, 0.3) is 0 Å². The van der Waals surface area contributed by atoms with Crippen LogP contribution in [0.3, 0.4) is 0 Å². The van der Waals surface area contributed by atoms with Crippen LogP contribution in [0.4, 0.5) is 0 Å². The second-order valence-corrected chi connectivity index (χ2v) is 8.16. The molecule has 2 aromatic rings. The maximum atomic E-state index is 12.6. The zero-order valence-corrected chi connectivity index (χ0v) is 16.5. The van der Waals surface area contributed by atoms with Crippen LogP contribution in [0.15, 0.2) is 28.8 Å². The van der Waals surface area contributed by atoms with Gasteiger partial charge in [-0.25, -0.2) is 0 Å². The fourth-order valence-corrected chi connectivity index (χ4v) is 3.17. The van der Waals surface area contributed by atoms with Crippen LogP contribution < -0.4 is 0 Å². The number of hydrogen-bond acceptors (Lipinski definition) is 5. The number of halogens is 1. The molecule has 0 spiro atoms. The molecule has 26 heavy (non-hydrogen) atoms. The fourth-order valence-electron chi connectivity index (χ4n) is 2.98. The summed E-state index contributed by atoms with van der Waals surface area (Å²) in [6.07, 6.45) is 0. The molecule has 0 unspecified atom stereocenters. The van der Waals surface area contributed by atoms with Crippen LogP contribution in [-0.4, -0.2) is 52.0 Å².